The Balaban J connectivity index is 3.29. The van der Waals surface area contributed by atoms with Gasteiger partial charge in [0.2, 0.25) is 10.0 Å². The Bertz CT molecular complexity index is 578. The van der Waals surface area contributed by atoms with Crippen LogP contribution in [0.4, 0.5) is 0 Å². The highest BCUT2D eigenvalue weighted by molar-refractivity contribution is 7.89. The summed E-state index contributed by atoms with van der Waals surface area (Å²) in [6.45, 7) is 2.10. The van der Waals surface area contributed by atoms with Gasteiger partial charge in [-0.3, -0.25) is 0 Å². The third kappa shape index (κ3) is 3.44. The molecule has 0 saturated carbocycles. The van der Waals surface area contributed by atoms with E-state index in [1.165, 1.54) is 30.6 Å². The van der Waals surface area contributed by atoms with E-state index in [9.17, 15) is 8.42 Å². The van der Waals surface area contributed by atoms with Crippen LogP contribution in [0.2, 0.25) is 10.0 Å². The van der Waals surface area contributed by atoms with Gasteiger partial charge >= 0.3 is 0 Å². The summed E-state index contributed by atoms with van der Waals surface area (Å²) in [5, 5.41) is 0.417. The van der Waals surface area contributed by atoms with Crippen molar-refractivity contribution in [3.63, 3.8) is 0 Å². The minimum Gasteiger partial charge on any atom is -0.383 e. The quantitative estimate of drug-likeness (QED) is 0.860. The molecule has 0 aliphatic rings. The van der Waals surface area contributed by atoms with E-state index in [0.29, 0.717) is 10.6 Å². The Labute approximate surface area is 129 Å². The molecule has 114 valence electrons. The number of sulfonamides is 1. The number of ether oxygens (including phenoxy) is 1. The summed E-state index contributed by atoms with van der Waals surface area (Å²) >= 11 is 12.1. The Morgan fingerprint density at radius 2 is 2.00 bits per heavy atom. The van der Waals surface area contributed by atoms with Gasteiger partial charge in [0, 0.05) is 37.3 Å². The lowest BCUT2D eigenvalue weighted by Crippen LogP contribution is -2.38. The first-order valence-corrected chi connectivity index (χ1v) is 8.10. The van der Waals surface area contributed by atoms with Crippen molar-refractivity contribution in [2.75, 3.05) is 20.8 Å². The fourth-order valence-electron chi connectivity index (χ4n) is 1.70. The maximum Gasteiger partial charge on any atom is 0.244 e. The van der Waals surface area contributed by atoms with Crippen molar-refractivity contribution in [3.8, 4) is 0 Å². The first-order chi connectivity index (χ1) is 9.27. The molecule has 0 aliphatic carbocycles. The summed E-state index contributed by atoms with van der Waals surface area (Å²) in [6.07, 6.45) is 0. The summed E-state index contributed by atoms with van der Waals surface area (Å²) in [6, 6.07) is 2.55. The zero-order valence-electron chi connectivity index (χ0n) is 11.6. The highest BCUT2D eigenvalue weighted by Gasteiger charge is 2.28. The van der Waals surface area contributed by atoms with Gasteiger partial charge in [-0.2, -0.15) is 4.31 Å². The van der Waals surface area contributed by atoms with Gasteiger partial charge < -0.3 is 10.5 Å². The van der Waals surface area contributed by atoms with E-state index in [-0.39, 0.29) is 29.1 Å². The van der Waals surface area contributed by atoms with Crippen LogP contribution in [-0.4, -0.2) is 39.5 Å². The number of nitrogens with two attached hydrogens (primary N) is 1. The Kier molecular flexibility index (Phi) is 6.25. The van der Waals surface area contributed by atoms with Gasteiger partial charge in [0.1, 0.15) is 4.90 Å². The molecular weight excluding hydrogens is 323 g/mol. The number of hydrogen-bond acceptors (Lipinski definition) is 4. The van der Waals surface area contributed by atoms with Gasteiger partial charge in [-0.05, 0) is 19.1 Å². The predicted octanol–water partition coefficient (Wildman–Crippen LogP) is 2.11. The lowest BCUT2D eigenvalue weighted by Gasteiger charge is -2.24. The monoisotopic (exact) mass is 340 g/mol. The number of nitrogens with zero attached hydrogens (tertiary/aromatic N) is 1. The van der Waals surface area contributed by atoms with Crippen molar-refractivity contribution in [2.24, 2.45) is 5.73 Å². The molecule has 1 atom stereocenters. The number of likely N-dealkylation sites (N-methyl/N-ethyl adjacent to an activating group) is 1. The first kappa shape index (κ1) is 17.7. The van der Waals surface area contributed by atoms with E-state index in [2.05, 4.69) is 0 Å². The van der Waals surface area contributed by atoms with Crippen LogP contribution in [0.3, 0.4) is 0 Å². The van der Waals surface area contributed by atoms with E-state index < -0.39 is 10.0 Å². The van der Waals surface area contributed by atoms with Crippen molar-refractivity contribution in [1.29, 1.82) is 0 Å². The molecule has 0 heterocycles. The fraction of sp³-hybridized carbons (Fsp3) is 0.500. The number of benzene rings is 1. The average molecular weight is 341 g/mol. The van der Waals surface area contributed by atoms with Crippen LogP contribution < -0.4 is 5.73 Å². The fourth-order valence-corrected chi connectivity index (χ4v) is 3.95. The van der Waals surface area contributed by atoms with E-state index in [4.69, 9.17) is 33.7 Å². The largest absolute Gasteiger partial charge is 0.383 e. The summed E-state index contributed by atoms with van der Waals surface area (Å²) in [4.78, 5) is -0.00512. The molecule has 0 bridgehead atoms. The maximum atomic E-state index is 12.6. The van der Waals surface area contributed by atoms with Gasteiger partial charge in [-0.1, -0.05) is 23.2 Å². The molecule has 1 unspecified atom stereocenters. The van der Waals surface area contributed by atoms with Crippen LogP contribution in [0.25, 0.3) is 0 Å². The zero-order valence-corrected chi connectivity index (χ0v) is 13.9. The highest BCUT2D eigenvalue weighted by Crippen LogP contribution is 2.32. The van der Waals surface area contributed by atoms with Crippen molar-refractivity contribution in [1.82, 2.24) is 4.31 Å². The normalized spacial score (nSPS) is 13.8. The molecule has 8 heteroatoms. The van der Waals surface area contributed by atoms with Crippen LogP contribution in [0.15, 0.2) is 17.0 Å². The second kappa shape index (κ2) is 7.06. The van der Waals surface area contributed by atoms with Crippen molar-refractivity contribution in [3.05, 3.63) is 27.7 Å². The molecular formula is C12H18Cl2N2O3S. The van der Waals surface area contributed by atoms with Gasteiger partial charge in [-0.15, -0.1) is 0 Å². The standard InChI is InChI=1S/C12H18Cl2N2O3S/c1-8(7-19-3)16(2)20(17,18)11-5-4-10(13)9(6-15)12(11)14/h4-5,8H,6-7,15H2,1-3H3. The van der Waals surface area contributed by atoms with Crippen molar-refractivity contribution in [2.45, 2.75) is 24.4 Å². The Morgan fingerprint density at radius 1 is 1.40 bits per heavy atom. The molecule has 0 spiro atoms. The molecule has 0 saturated heterocycles. The van der Waals surface area contributed by atoms with Gasteiger partial charge in [0.05, 0.1) is 11.6 Å². The zero-order chi connectivity index (χ0) is 15.5. The van der Waals surface area contributed by atoms with Gasteiger partial charge in [-0.25, -0.2) is 8.42 Å². The van der Waals surface area contributed by atoms with Crippen molar-refractivity contribution < 1.29 is 13.2 Å². The summed E-state index contributed by atoms with van der Waals surface area (Å²) in [5.74, 6) is 0. The smallest absolute Gasteiger partial charge is 0.244 e. The number of rotatable bonds is 6. The van der Waals surface area contributed by atoms with Crippen LogP contribution in [-0.2, 0) is 21.3 Å². The van der Waals surface area contributed by atoms with Crippen LogP contribution in [0.1, 0.15) is 12.5 Å². The number of methoxy groups -OCH3 is 1. The number of halogens is 2. The predicted molar refractivity (Wildman–Crippen MR) is 80.6 cm³/mol. The minimum absolute atomic E-state index is 0.00512. The molecule has 5 nitrogen and oxygen atoms in total. The second-order valence-electron chi connectivity index (χ2n) is 4.37. The van der Waals surface area contributed by atoms with Crippen LogP contribution in [0, 0.1) is 0 Å². The van der Waals surface area contributed by atoms with Crippen molar-refractivity contribution >= 4 is 33.2 Å². The lowest BCUT2D eigenvalue weighted by atomic mass is 10.2. The average Bonchev–Trinajstić information content (AvgIpc) is 2.38. The lowest BCUT2D eigenvalue weighted by molar-refractivity contribution is 0.149. The third-order valence-electron chi connectivity index (χ3n) is 3.04. The molecule has 0 amide bonds. The van der Waals surface area contributed by atoms with Crippen LogP contribution >= 0.6 is 23.2 Å². The maximum absolute atomic E-state index is 12.6. The summed E-state index contributed by atoms with van der Waals surface area (Å²) in [7, 11) is -0.742. The highest BCUT2D eigenvalue weighted by atomic mass is 35.5. The van der Waals surface area contributed by atoms with Gasteiger partial charge in [0.25, 0.3) is 0 Å². The first-order valence-electron chi connectivity index (χ1n) is 5.91. The molecule has 1 aromatic carbocycles. The Morgan fingerprint density at radius 3 is 2.50 bits per heavy atom. The van der Waals surface area contributed by atoms with E-state index in [1.807, 2.05) is 0 Å². The molecule has 0 aromatic heterocycles. The molecule has 1 aromatic rings. The van der Waals surface area contributed by atoms with E-state index in [1.54, 1.807) is 6.92 Å². The number of hydrogen-bond donors (Lipinski definition) is 1. The molecule has 0 radical (unpaired) electrons. The molecule has 2 N–H and O–H groups in total. The summed E-state index contributed by atoms with van der Waals surface area (Å²) in [5.41, 5.74) is 5.97. The SMILES string of the molecule is COCC(C)N(C)S(=O)(=O)c1ccc(Cl)c(CN)c1Cl. The van der Waals surface area contributed by atoms with Gasteiger partial charge in [0.15, 0.2) is 0 Å². The molecule has 0 aliphatic heterocycles. The Hall–Kier alpha value is -0.370. The van der Waals surface area contributed by atoms with E-state index in [0.717, 1.165) is 0 Å². The van der Waals surface area contributed by atoms with Crippen LogP contribution in [0.5, 0.6) is 0 Å². The topological polar surface area (TPSA) is 72.6 Å². The molecule has 20 heavy (non-hydrogen) atoms. The third-order valence-corrected chi connectivity index (χ3v) is 5.95. The molecule has 0 fully saturated rings. The second-order valence-corrected chi connectivity index (χ2v) is 7.12. The molecule has 1 rings (SSSR count). The van der Waals surface area contributed by atoms with E-state index >= 15 is 0 Å². The minimum atomic E-state index is -3.73. The summed E-state index contributed by atoms with van der Waals surface area (Å²) < 4.78 is 31.3.